The van der Waals surface area contributed by atoms with E-state index in [0.29, 0.717) is 12.0 Å². The molecule has 0 N–H and O–H groups in total. The lowest BCUT2D eigenvalue weighted by molar-refractivity contribution is -0.147. The summed E-state index contributed by atoms with van der Waals surface area (Å²) in [7, 11) is 0. The van der Waals surface area contributed by atoms with Crippen LogP contribution in [0.5, 0.6) is 0 Å². The van der Waals surface area contributed by atoms with Crippen LogP contribution in [0, 0.1) is 5.92 Å². The van der Waals surface area contributed by atoms with Crippen LogP contribution in [-0.4, -0.2) is 18.2 Å². The Bertz CT molecular complexity index is 461. The summed E-state index contributed by atoms with van der Waals surface area (Å²) >= 11 is 0. The van der Waals surface area contributed by atoms with E-state index in [4.69, 9.17) is 9.47 Å². The average molecular weight is 276 g/mol. The Balaban J connectivity index is 1.73. The van der Waals surface area contributed by atoms with E-state index in [1.807, 2.05) is 0 Å². The van der Waals surface area contributed by atoms with Crippen molar-refractivity contribution in [2.75, 3.05) is 0 Å². The average Bonchev–Trinajstić information content (AvgIpc) is 2.81. The zero-order valence-electron chi connectivity index (χ0n) is 12.5. The van der Waals surface area contributed by atoms with E-state index in [9.17, 15) is 4.79 Å². The highest BCUT2D eigenvalue weighted by Gasteiger charge is 2.39. The van der Waals surface area contributed by atoms with Gasteiger partial charge in [0.2, 0.25) is 0 Å². The van der Waals surface area contributed by atoms with E-state index in [0.717, 1.165) is 38.5 Å². The molecule has 3 aliphatic rings. The van der Waals surface area contributed by atoms with Gasteiger partial charge in [0, 0.05) is 25.7 Å². The van der Waals surface area contributed by atoms with Crippen molar-refractivity contribution in [2.24, 2.45) is 5.92 Å². The quantitative estimate of drug-likeness (QED) is 0.734. The first-order valence-corrected chi connectivity index (χ1v) is 7.95. The number of esters is 1. The number of hydrogen-bond donors (Lipinski definition) is 0. The molecule has 0 aromatic carbocycles. The minimum atomic E-state index is -0.160. The monoisotopic (exact) mass is 276 g/mol. The molecule has 3 heteroatoms. The van der Waals surface area contributed by atoms with Crippen LogP contribution < -0.4 is 0 Å². The van der Waals surface area contributed by atoms with Gasteiger partial charge in [-0.25, -0.2) is 0 Å². The minimum Gasteiger partial charge on any atom is -0.494 e. The molecule has 110 valence electrons. The highest BCUT2D eigenvalue weighted by Crippen LogP contribution is 2.46. The molecular formula is C17H24O3. The molecule has 0 spiro atoms. The van der Waals surface area contributed by atoms with E-state index in [1.165, 1.54) is 30.2 Å². The smallest absolute Gasteiger partial charge is 0.302 e. The lowest BCUT2D eigenvalue weighted by Crippen LogP contribution is -2.29. The van der Waals surface area contributed by atoms with Crippen molar-refractivity contribution in [2.45, 2.75) is 71.0 Å². The van der Waals surface area contributed by atoms with Crippen molar-refractivity contribution in [3.63, 3.8) is 0 Å². The first-order valence-electron chi connectivity index (χ1n) is 7.95. The van der Waals surface area contributed by atoms with Gasteiger partial charge >= 0.3 is 5.97 Å². The van der Waals surface area contributed by atoms with Crippen molar-refractivity contribution in [3.05, 3.63) is 23.0 Å². The highest BCUT2D eigenvalue weighted by atomic mass is 16.5. The van der Waals surface area contributed by atoms with Gasteiger partial charge in [0.15, 0.2) is 0 Å². The molecule has 0 amide bonds. The summed E-state index contributed by atoms with van der Waals surface area (Å²) in [6.07, 6.45) is 10.3. The molecule has 0 fully saturated rings. The largest absolute Gasteiger partial charge is 0.494 e. The Morgan fingerprint density at radius 2 is 2.25 bits per heavy atom. The molecule has 2 unspecified atom stereocenters. The topological polar surface area (TPSA) is 35.5 Å². The zero-order chi connectivity index (χ0) is 14.1. The number of ether oxygens (including phenoxy) is 2. The second kappa shape index (κ2) is 5.63. The standard InChI is InChI=1S/C17H24O3/c1-3-4-12-5-6-14-13-7-9-16(19-11(2)18)15(13)8-10-17(14)20-12/h7,12,15-16H,3-6,8-10H2,1-2H3/t12?,15?,16-/m1/s1. The predicted octanol–water partition coefficient (Wildman–Crippen LogP) is 3.89. The maximum absolute atomic E-state index is 11.2. The maximum Gasteiger partial charge on any atom is 0.302 e. The van der Waals surface area contributed by atoms with E-state index in [1.54, 1.807) is 0 Å². The van der Waals surface area contributed by atoms with E-state index < -0.39 is 0 Å². The molecule has 3 atom stereocenters. The molecular weight excluding hydrogens is 252 g/mol. The summed E-state index contributed by atoms with van der Waals surface area (Å²) in [6.45, 7) is 3.72. The lowest BCUT2D eigenvalue weighted by Gasteiger charge is -2.36. The third-order valence-corrected chi connectivity index (χ3v) is 4.74. The van der Waals surface area contributed by atoms with Gasteiger partial charge in [0.1, 0.15) is 6.10 Å². The third-order valence-electron chi connectivity index (χ3n) is 4.74. The first-order chi connectivity index (χ1) is 9.69. The number of carbonyl (C=O) groups excluding carboxylic acids is 1. The highest BCUT2D eigenvalue weighted by molar-refractivity contribution is 5.66. The van der Waals surface area contributed by atoms with Gasteiger partial charge in [-0.2, -0.15) is 0 Å². The van der Waals surface area contributed by atoms with Gasteiger partial charge in [0.05, 0.1) is 11.9 Å². The Labute approximate surface area is 121 Å². The molecule has 20 heavy (non-hydrogen) atoms. The molecule has 0 bridgehead atoms. The van der Waals surface area contributed by atoms with Gasteiger partial charge in [-0.05, 0) is 36.8 Å². The zero-order valence-corrected chi connectivity index (χ0v) is 12.5. The van der Waals surface area contributed by atoms with Crippen molar-refractivity contribution >= 4 is 5.97 Å². The van der Waals surface area contributed by atoms with Gasteiger partial charge in [0.25, 0.3) is 0 Å². The van der Waals surface area contributed by atoms with Crippen molar-refractivity contribution in [3.8, 4) is 0 Å². The summed E-state index contributed by atoms with van der Waals surface area (Å²) in [6, 6.07) is 0. The SMILES string of the molecule is CCCC1CCC2=C(CCC3C2=CC[C@H]3OC(C)=O)O1. The molecule has 0 aromatic rings. The summed E-state index contributed by atoms with van der Waals surface area (Å²) in [4.78, 5) is 11.2. The molecule has 3 nitrogen and oxygen atoms in total. The fraction of sp³-hybridized carbons (Fsp3) is 0.706. The van der Waals surface area contributed by atoms with Gasteiger partial charge in [-0.1, -0.05) is 19.4 Å². The van der Waals surface area contributed by atoms with Crippen LogP contribution >= 0.6 is 0 Å². The molecule has 1 aliphatic heterocycles. The molecule has 3 rings (SSSR count). The Morgan fingerprint density at radius 3 is 3.00 bits per heavy atom. The molecule has 1 heterocycles. The predicted molar refractivity (Wildman–Crippen MR) is 77.0 cm³/mol. The van der Waals surface area contributed by atoms with Crippen LogP contribution in [0.4, 0.5) is 0 Å². The normalized spacial score (nSPS) is 32.1. The second-order valence-corrected chi connectivity index (χ2v) is 6.16. The van der Waals surface area contributed by atoms with Crippen LogP contribution in [0.2, 0.25) is 0 Å². The van der Waals surface area contributed by atoms with Gasteiger partial charge < -0.3 is 9.47 Å². The number of allylic oxidation sites excluding steroid dienone is 2. The second-order valence-electron chi connectivity index (χ2n) is 6.16. The van der Waals surface area contributed by atoms with Crippen molar-refractivity contribution in [1.82, 2.24) is 0 Å². The number of hydrogen-bond acceptors (Lipinski definition) is 3. The minimum absolute atomic E-state index is 0.0601. The molecule has 0 aromatic heterocycles. The van der Waals surface area contributed by atoms with Crippen LogP contribution in [0.15, 0.2) is 23.0 Å². The van der Waals surface area contributed by atoms with Crippen LogP contribution in [0.1, 0.15) is 58.8 Å². The molecule has 0 saturated heterocycles. The number of rotatable bonds is 3. The number of fused-ring (bicyclic) bond motifs is 2. The number of carbonyl (C=O) groups is 1. The van der Waals surface area contributed by atoms with E-state index in [-0.39, 0.29) is 12.1 Å². The van der Waals surface area contributed by atoms with Crippen molar-refractivity contribution < 1.29 is 14.3 Å². The third kappa shape index (κ3) is 2.50. The van der Waals surface area contributed by atoms with E-state index in [2.05, 4.69) is 13.0 Å². The van der Waals surface area contributed by atoms with Gasteiger partial charge in [-0.3, -0.25) is 4.79 Å². The first kappa shape index (κ1) is 13.7. The maximum atomic E-state index is 11.2. The summed E-state index contributed by atoms with van der Waals surface area (Å²) in [5.41, 5.74) is 2.83. The van der Waals surface area contributed by atoms with Gasteiger partial charge in [-0.15, -0.1) is 0 Å². The Hall–Kier alpha value is -1.25. The lowest BCUT2D eigenvalue weighted by atomic mass is 9.80. The Kier molecular flexibility index (Phi) is 3.86. The fourth-order valence-corrected chi connectivity index (χ4v) is 3.89. The van der Waals surface area contributed by atoms with E-state index >= 15 is 0 Å². The Morgan fingerprint density at radius 1 is 1.40 bits per heavy atom. The molecule has 0 radical (unpaired) electrons. The summed E-state index contributed by atoms with van der Waals surface area (Å²) in [5.74, 6) is 1.47. The van der Waals surface area contributed by atoms with Crippen molar-refractivity contribution in [1.29, 1.82) is 0 Å². The van der Waals surface area contributed by atoms with Crippen LogP contribution in [0.25, 0.3) is 0 Å². The van der Waals surface area contributed by atoms with Crippen LogP contribution in [0.3, 0.4) is 0 Å². The summed E-state index contributed by atoms with van der Waals surface area (Å²) < 4.78 is 11.7. The molecule has 2 aliphatic carbocycles. The molecule has 0 saturated carbocycles. The summed E-state index contributed by atoms with van der Waals surface area (Å²) in [5, 5.41) is 0. The van der Waals surface area contributed by atoms with Crippen LogP contribution in [-0.2, 0) is 14.3 Å². The fourth-order valence-electron chi connectivity index (χ4n) is 3.89.